The number of hydrogen-bond acceptors (Lipinski definition) is 4. The highest BCUT2D eigenvalue weighted by Crippen LogP contribution is 2.30. The van der Waals surface area contributed by atoms with Crippen LogP contribution in [0.25, 0.3) is 0 Å². The predicted molar refractivity (Wildman–Crippen MR) is 108 cm³/mol. The Morgan fingerprint density at radius 1 is 1.19 bits per heavy atom. The van der Waals surface area contributed by atoms with Crippen LogP contribution in [0.5, 0.6) is 5.75 Å². The Morgan fingerprint density at radius 2 is 1.85 bits per heavy atom. The van der Waals surface area contributed by atoms with E-state index < -0.39 is 6.10 Å². The third-order valence-corrected chi connectivity index (χ3v) is 5.22. The van der Waals surface area contributed by atoms with E-state index in [1.165, 1.54) is 23.3 Å². The topological polar surface area (TPSA) is 66.8 Å². The van der Waals surface area contributed by atoms with Gasteiger partial charge >= 0.3 is 0 Å². The number of aromatic hydroxyl groups is 1. The highest BCUT2D eigenvalue weighted by molar-refractivity contribution is 5.97. The van der Waals surface area contributed by atoms with E-state index in [0.717, 1.165) is 12.8 Å². The number of carbonyl (C=O) groups excluding carboxylic acids is 1. The average molecular weight is 373 g/mol. The standard InChI is InChI=1S/C23H32O4/c1-15(2)23-20(25)12-16(3)6-5-7-17(4)13-22(23)27-14-21(26)18-8-10-19(24)11-9-18/h7-12,15,20,22-25H,5-6,13-14H2,1-4H3/b16-12+,17-7+/t20-,22-,23+/m1/s1. The van der Waals surface area contributed by atoms with Crippen LogP contribution in [0.15, 0.2) is 47.6 Å². The normalized spacial score (nSPS) is 28.1. The van der Waals surface area contributed by atoms with Crippen LogP contribution in [-0.2, 0) is 4.74 Å². The van der Waals surface area contributed by atoms with Crippen molar-refractivity contribution in [3.8, 4) is 5.75 Å². The molecule has 1 aliphatic carbocycles. The second kappa shape index (κ2) is 9.86. The largest absolute Gasteiger partial charge is 0.508 e. The SMILES string of the molecule is C/C1=C\[C@@H](O)[C@H](C(C)C)[C@H](OCC(=O)c2ccc(O)cc2)C/C(C)=C/CC1. The number of aliphatic hydroxyl groups is 1. The van der Waals surface area contributed by atoms with Gasteiger partial charge in [0.25, 0.3) is 0 Å². The minimum atomic E-state index is -0.593. The van der Waals surface area contributed by atoms with Crippen LogP contribution in [0.1, 0.15) is 57.3 Å². The van der Waals surface area contributed by atoms with Gasteiger partial charge in [0.15, 0.2) is 5.78 Å². The zero-order valence-electron chi connectivity index (χ0n) is 16.8. The summed E-state index contributed by atoms with van der Waals surface area (Å²) >= 11 is 0. The lowest BCUT2D eigenvalue weighted by atomic mass is 9.81. The van der Waals surface area contributed by atoms with E-state index in [0.29, 0.717) is 12.0 Å². The molecule has 0 bridgehead atoms. The van der Waals surface area contributed by atoms with Gasteiger partial charge in [0.05, 0.1) is 12.2 Å². The molecule has 1 aromatic rings. The molecule has 1 aliphatic rings. The van der Waals surface area contributed by atoms with E-state index in [2.05, 4.69) is 33.8 Å². The summed E-state index contributed by atoms with van der Waals surface area (Å²) < 4.78 is 6.07. The van der Waals surface area contributed by atoms with E-state index in [1.54, 1.807) is 12.1 Å². The first-order valence-electron chi connectivity index (χ1n) is 9.72. The second-order valence-corrected chi connectivity index (χ2v) is 7.94. The average Bonchev–Trinajstić information content (AvgIpc) is 2.59. The fourth-order valence-corrected chi connectivity index (χ4v) is 3.70. The summed E-state index contributed by atoms with van der Waals surface area (Å²) in [5.41, 5.74) is 2.92. The summed E-state index contributed by atoms with van der Waals surface area (Å²) in [6.45, 7) is 8.26. The van der Waals surface area contributed by atoms with Crippen molar-refractivity contribution in [3.63, 3.8) is 0 Å². The number of phenolic OH excluding ortho intramolecular Hbond substituents is 1. The molecule has 148 valence electrons. The summed E-state index contributed by atoms with van der Waals surface area (Å²) in [4.78, 5) is 12.5. The number of ketones is 1. The molecule has 2 rings (SSSR count). The molecule has 0 aromatic heterocycles. The van der Waals surface area contributed by atoms with Gasteiger partial charge in [-0.15, -0.1) is 0 Å². The maximum atomic E-state index is 12.5. The number of aliphatic hydroxyl groups excluding tert-OH is 1. The summed E-state index contributed by atoms with van der Waals surface area (Å²) in [5.74, 6) is 0.127. The molecule has 4 heteroatoms. The summed E-state index contributed by atoms with van der Waals surface area (Å²) in [7, 11) is 0. The molecule has 0 saturated carbocycles. The molecule has 27 heavy (non-hydrogen) atoms. The lowest BCUT2D eigenvalue weighted by molar-refractivity contribution is -0.0348. The summed E-state index contributed by atoms with van der Waals surface area (Å²) in [6.07, 6.45) is 5.94. The molecule has 0 radical (unpaired) electrons. The lowest BCUT2D eigenvalue weighted by Gasteiger charge is -2.34. The monoisotopic (exact) mass is 372 g/mol. The molecular weight excluding hydrogens is 340 g/mol. The second-order valence-electron chi connectivity index (χ2n) is 7.94. The van der Waals surface area contributed by atoms with Crippen molar-refractivity contribution < 1.29 is 19.7 Å². The van der Waals surface area contributed by atoms with E-state index in [9.17, 15) is 15.0 Å². The third-order valence-electron chi connectivity index (χ3n) is 5.22. The Morgan fingerprint density at radius 3 is 2.48 bits per heavy atom. The quantitative estimate of drug-likeness (QED) is 0.582. The zero-order valence-corrected chi connectivity index (χ0v) is 16.8. The van der Waals surface area contributed by atoms with Crippen molar-refractivity contribution in [1.82, 2.24) is 0 Å². The minimum Gasteiger partial charge on any atom is -0.508 e. The van der Waals surface area contributed by atoms with Gasteiger partial charge in [-0.25, -0.2) is 0 Å². The Hall–Kier alpha value is -1.91. The highest BCUT2D eigenvalue weighted by Gasteiger charge is 2.32. The van der Waals surface area contributed by atoms with Gasteiger partial charge in [0.2, 0.25) is 0 Å². The number of allylic oxidation sites excluding steroid dienone is 2. The fourth-order valence-electron chi connectivity index (χ4n) is 3.70. The van der Waals surface area contributed by atoms with Crippen LogP contribution in [0.3, 0.4) is 0 Å². The van der Waals surface area contributed by atoms with E-state index >= 15 is 0 Å². The van der Waals surface area contributed by atoms with Crippen LogP contribution in [0, 0.1) is 11.8 Å². The number of hydrogen-bond donors (Lipinski definition) is 2. The molecule has 0 spiro atoms. The molecule has 4 nitrogen and oxygen atoms in total. The fraction of sp³-hybridized carbons (Fsp3) is 0.522. The first kappa shape index (κ1) is 21.4. The van der Waals surface area contributed by atoms with Crippen molar-refractivity contribution in [2.75, 3.05) is 6.61 Å². The van der Waals surface area contributed by atoms with Crippen LogP contribution in [-0.4, -0.2) is 34.8 Å². The zero-order chi connectivity index (χ0) is 20.0. The van der Waals surface area contributed by atoms with Crippen molar-refractivity contribution in [2.45, 2.75) is 59.2 Å². The number of phenols is 1. The smallest absolute Gasteiger partial charge is 0.188 e. The van der Waals surface area contributed by atoms with Crippen LogP contribution in [0.2, 0.25) is 0 Å². The van der Waals surface area contributed by atoms with Crippen LogP contribution < -0.4 is 0 Å². The van der Waals surface area contributed by atoms with Crippen molar-refractivity contribution in [2.24, 2.45) is 11.8 Å². The first-order valence-corrected chi connectivity index (χ1v) is 9.72. The molecule has 0 heterocycles. The number of rotatable bonds is 5. The maximum Gasteiger partial charge on any atom is 0.188 e. The van der Waals surface area contributed by atoms with Gasteiger partial charge in [0.1, 0.15) is 12.4 Å². The molecule has 3 atom stereocenters. The molecule has 0 aliphatic heterocycles. The number of Topliss-reactive ketones (excluding diaryl/α,β-unsaturated/α-hetero) is 1. The molecule has 1 aromatic carbocycles. The lowest BCUT2D eigenvalue weighted by Crippen LogP contribution is -2.38. The van der Waals surface area contributed by atoms with E-state index in [4.69, 9.17) is 4.74 Å². The highest BCUT2D eigenvalue weighted by atomic mass is 16.5. The third kappa shape index (κ3) is 6.33. The van der Waals surface area contributed by atoms with Gasteiger partial charge in [-0.2, -0.15) is 0 Å². The van der Waals surface area contributed by atoms with E-state index in [1.807, 2.05) is 6.08 Å². The van der Waals surface area contributed by atoms with Gasteiger partial charge < -0.3 is 14.9 Å². The van der Waals surface area contributed by atoms with Crippen molar-refractivity contribution in [3.05, 3.63) is 53.1 Å². The van der Waals surface area contributed by atoms with Crippen LogP contribution in [0.4, 0.5) is 0 Å². The number of benzene rings is 1. The molecule has 0 fully saturated rings. The van der Waals surface area contributed by atoms with Gasteiger partial charge in [0, 0.05) is 11.5 Å². The van der Waals surface area contributed by atoms with Gasteiger partial charge in [-0.05, 0) is 63.3 Å². The molecule has 0 amide bonds. The Labute approximate surface area is 162 Å². The van der Waals surface area contributed by atoms with Crippen LogP contribution >= 0.6 is 0 Å². The Balaban J connectivity index is 2.18. The molecule has 0 unspecified atom stereocenters. The van der Waals surface area contributed by atoms with Crippen molar-refractivity contribution >= 4 is 5.78 Å². The number of carbonyl (C=O) groups is 1. The summed E-state index contributed by atoms with van der Waals surface area (Å²) in [6, 6.07) is 6.19. The number of ether oxygens (including phenoxy) is 1. The van der Waals surface area contributed by atoms with E-state index in [-0.39, 0.29) is 36.1 Å². The first-order chi connectivity index (χ1) is 12.8. The molecule has 2 N–H and O–H groups in total. The Bertz CT molecular complexity index is 685. The Kier molecular flexibility index (Phi) is 7.81. The maximum absolute atomic E-state index is 12.5. The van der Waals surface area contributed by atoms with Gasteiger partial charge in [-0.3, -0.25) is 4.79 Å². The summed E-state index contributed by atoms with van der Waals surface area (Å²) in [5, 5.41) is 20.2. The minimum absolute atomic E-state index is 0.0403. The molecule has 0 saturated heterocycles. The van der Waals surface area contributed by atoms with Gasteiger partial charge in [-0.1, -0.05) is 37.1 Å². The predicted octanol–water partition coefficient (Wildman–Crippen LogP) is 4.67. The molecular formula is C23H32O4. The van der Waals surface area contributed by atoms with Crippen molar-refractivity contribution in [1.29, 1.82) is 0 Å².